The van der Waals surface area contributed by atoms with E-state index in [2.05, 4.69) is 4.98 Å². The van der Waals surface area contributed by atoms with Crippen LogP contribution in [-0.4, -0.2) is 14.7 Å². The van der Waals surface area contributed by atoms with E-state index in [0.717, 1.165) is 11.3 Å². The Morgan fingerprint density at radius 2 is 1.93 bits per heavy atom. The number of imidazole rings is 1. The molecule has 0 amide bonds. The topological polar surface area (TPSA) is 38.0 Å². The number of aromatic nitrogens is 2. The Balaban J connectivity index is 2.49. The largest absolute Gasteiger partial charge is 0.508 e. The second-order valence-electron chi connectivity index (χ2n) is 3.02. The maximum absolute atomic E-state index is 9.13. The molecule has 0 spiro atoms. The molecule has 1 heterocycles. The van der Waals surface area contributed by atoms with E-state index in [1.807, 2.05) is 19.2 Å². The van der Waals surface area contributed by atoms with Crippen LogP contribution in [0.2, 0.25) is 5.28 Å². The van der Waals surface area contributed by atoms with Gasteiger partial charge in [0.1, 0.15) is 5.75 Å². The Morgan fingerprint density at radius 3 is 2.43 bits per heavy atom. The van der Waals surface area contributed by atoms with E-state index in [9.17, 15) is 0 Å². The minimum absolute atomic E-state index is 0.252. The Kier molecular flexibility index (Phi) is 2.17. The first-order valence-corrected chi connectivity index (χ1v) is 4.53. The van der Waals surface area contributed by atoms with Gasteiger partial charge in [0.05, 0.1) is 11.9 Å². The molecule has 4 heteroatoms. The summed E-state index contributed by atoms with van der Waals surface area (Å²) in [7, 11) is 1.84. The van der Waals surface area contributed by atoms with E-state index in [4.69, 9.17) is 16.7 Å². The second-order valence-corrected chi connectivity index (χ2v) is 3.36. The molecule has 1 aromatic carbocycles. The lowest BCUT2D eigenvalue weighted by atomic mass is 10.1. The number of hydrogen-bond acceptors (Lipinski definition) is 2. The Labute approximate surface area is 86.6 Å². The van der Waals surface area contributed by atoms with Crippen LogP contribution < -0.4 is 0 Å². The summed E-state index contributed by atoms with van der Waals surface area (Å²) in [6.07, 6.45) is 1.70. The van der Waals surface area contributed by atoms with Gasteiger partial charge in [-0.15, -0.1) is 0 Å². The van der Waals surface area contributed by atoms with E-state index < -0.39 is 0 Å². The van der Waals surface area contributed by atoms with Gasteiger partial charge >= 0.3 is 0 Å². The average Bonchev–Trinajstić information content (AvgIpc) is 2.50. The van der Waals surface area contributed by atoms with Crippen molar-refractivity contribution in [3.63, 3.8) is 0 Å². The van der Waals surface area contributed by atoms with Crippen LogP contribution in [0.1, 0.15) is 0 Å². The zero-order chi connectivity index (χ0) is 10.1. The van der Waals surface area contributed by atoms with Crippen LogP contribution in [0.15, 0.2) is 30.5 Å². The number of nitrogens with zero attached hydrogens (tertiary/aromatic N) is 2. The van der Waals surface area contributed by atoms with Crippen LogP contribution in [0, 0.1) is 0 Å². The van der Waals surface area contributed by atoms with Crippen LogP contribution in [-0.2, 0) is 7.05 Å². The third-order valence-electron chi connectivity index (χ3n) is 2.09. The fourth-order valence-corrected chi connectivity index (χ4v) is 1.43. The molecule has 0 aliphatic carbocycles. The highest BCUT2D eigenvalue weighted by atomic mass is 35.5. The van der Waals surface area contributed by atoms with Crippen LogP contribution in [0.3, 0.4) is 0 Å². The molecule has 72 valence electrons. The Hall–Kier alpha value is -1.48. The summed E-state index contributed by atoms with van der Waals surface area (Å²) in [5, 5.41) is 9.58. The Bertz CT molecular complexity index is 448. The quantitative estimate of drug-likeness (QED) is 0.782. The summed E-state index contributed by atoms with van der Waals surface area (Å²) >= 11 is 5.81. The summed E-state index contributed by atoms with van der Waals surface area (Å²) in [6.45, 7) is 0. The van der Waals surface area contributed by atoms with Gasteiger partial charge in [-0.05, 0) is 35.9 Å². The minimum Gasteiger partial charge on any atom is -0.508 e. The van der Waals surface area contributed by atoms with E-state index in [1.165, 1.54) is 0 Å². The molecule has 0 aliphatic rings. The van der Waals surface area contributed by atoms with Gasteiger partial charge in [0.2, 0.25) is 5.28 Å². The fraction of sp³-hybridized carbons (Fsp3) is 0.100. The standard InChI is InChI=1S/C10H9ClN2O/c1-13-9(6-12-10(13)11)7-2-4-8(14)5-3-7/h2-6,14H,1H3. The highest BCUT2D eigenvalue weighted by Crippen LogP contribution is 2.23. The number of phenolic OH excluding ortho intramolecular Hbond substituents is 1. The van der Waals surface area contributed by atoms with Crippen molar-refractivity contribution in [3.05, 3.63) is 35.7 Å². The zero-order valence-electron chi connectivity index (χ0n) is 7.61. The smallest absolute Gasteiger partial charge is 0.202 e. The monoisotopic (exact) mass is 208 g/mol. The maximum atomic E-state index is 9.13. The van der Waals surface area contributed by atoms with Crippen molar-refractivity contribution in [2.75, 3.05) is 0 Å². The predicted molar refractivity (Wildman–Crippen MR) is 55.3 cm³/mol. The number of aromatic hydroxyl groups is 1. The van der Waals surface area contributed by atoms with Gasteiger partial charge in [-0.3, -0.25) is 0 Å². The third-order valence-corrected chi connectivity index (χ3v) is 2.45. The van der Waals surface area contributed by atoms with Crippen LogP contribution in [0.4, 0.5) is 0 Å². The Morgan fingerprint density at radius 1 is 1.29 bits per heavy atom. The first-order valence-electron chi connectivity index (χ1n) is 4.15. The summed E-state index contributed by atoms with van der Waals surface area (Å²) in [4.78, 5) is 3.98. The number of rotatable bonds is 1. The molecule has 0 fully saturated rings. The van der Waals surface area contributed by atoms with Crippen molar-refractivity contribution < 1.29 is 5.11 Å². The normalized spacial score (nSPS) is 10.4. The van der Waals surface area contributed by atoms with Gasteiger partial charge in [0.15, 0.2) is 0 Å². The highest BCUT2D eigenvalue weighted by molar-refractivity contribution is 6.28. The molecule has 0 bridgehead atoms. The number of benzene rings is 1. The first-order chi connectivity index (χ1) is 6.68. The second kappa shape index (κ2) is 3.35. The molecule has 0 atom stereocenters. The molecule has 2 aromatic rings. The van der Waals surface area contributed by atoms with Gasteiger partial charge in [0, 0.05) is 12.6 Å². The van der Waals surface area contributed by atoms with Gasteiger partial charge in [-0.25, -0.2) is 4.98 Å². The van der Waals surface area contributed by atoms with Gasteiger partial charge in [-0.2, -0.15) is 0 Å². The molecule has 0 saturated heterocycles. The van der Waals surface area contributed by atoms with Crippen LogP contribution in [0.5, 0.6) is 5.75 Å². The lowest BCUT2D eigenvalue weighted by Crippen LogP contribution is -1.90. The summed E-state index contributed by atoms with van der Waals surface area (Å²) < 4.78 is 1.79. The molecule has 0 unspecified atom stereocenters. The zero-order valence-corrected chi connectivity index (χ0v) is 8.36. The van der Waals surface area contributed by atoms with Crippen LogP contribution in [0.25, 0.3) is 11.3 Å². The molecule has 3 nitrogen and oxygen atoms in total. The molecule has 0 radical (unpaired) electrons. The number of phenols is 1. The molecular formula is C10H9ClN2O. The maximum Gasteiger partial charge on any atom is 0.202 e. The molecule has 2 rings (SSSR count). The van der Waals surface area contributed by atoms with Gasteiger partial charge in [-0.1, -0.05) is 0 Å². The van der Waals surface area contributed by atoms with E-state index in [0.29, 0.717) is 5.28 Å². The number of halogens is 1. The van der Waals surface area contributed by atoms with E-state index in [1.54, 1.807) is 22.9 Å². The SMILES string of the molecule is Cn1c(-c2ccc(O)cc2)cnc1Cl. The van der Waals surface area contributed by atoms with Gasteiger partial charge in [0.25, 0.3) is 0 Å². The van der Waals surface area contributed by atoms with Gasteiger partial charge < -0.3 is 9.67 Å². The minimum atomic E-state index is 0.252. The molecular weight excluding hydrogens is 200 g/mol. The summed E-state index contributed by atoms with van der Waals surface area (Å²) in [5.41, 5.74) is 1.90. The van der Waals surface area contributed by atoms with Crippen molar-refractivity contribution in [2.45, 2.75) is 0 Å². The van der Waals surface area contributed by atoms with E-state index >= 15 is 0 Å². The van der Waals surface area contributed by atoms with Crippen LogP contribution >= 0.6 is 11.6 Å². The summed E-state index contributed by atoms with van der Waals surface area (Å²) in [5.74, 6) is 0.252. The molecule has 1 aromatic heterocycles. The summed E-state index contributed by atoms with van der Waals surface area (Å²) in [6, 6.07) is 6.91. The van der Waals surface area contributed by atoms with Crippen molar-refractivity contribution in [1.29, 1.82) is 0 Å². The van der Waals surface area contributed by atoms with Crippen molar-refractivity contribution >= 4 is 11.6 Å². The predicted octanol–water partition coefficient (Wildman–Crippen LogP) is 2.45. The average molecular weight is 209 g/mol. The fourth-order valence-electron chi connectivity index (χ4n) is 1.29. The number of hydrogen-bond donors (Lipinski definition) is 1. The highest BCUT2D eigenvalue weighted by Gasteiger charge is 2.05. The lowest BCUT2D eigenvalue weighted by Gasteiger charge is -2.02. The molecule has 1 N–H and O–H groups in total. The molecule has 0 aliphatic heterocycles. The lowest BCUT2D eigenvalue weighted by molar-refractivity contribution is 0.475. The van der Waals surface area contributed by atoms with E-state index in [-0.39, 0.29) is 5.75 Å². The molecule has 0 saturated carbocycles. The molecule has 14 heavy (non-hydrogen) atoms. The first kappa shape index (κ1) is 9.09. The third kappa shape index (κ3) is 1.46. The van der Waals surface area contributed by atoms with Crippen molar-refractivity contribution in [2.24, 2.45) is 7.05 Å². The van der Waals surface area contributed by atoms with Crippen molar-refractivity contribution in [1.82, 2.24) is 9.55 Å². The van der Waals surface area contributed by atoms with Crippen molar-refractivity contribution in [3.8, 4) is 17.0 Å².